The maximum Gasteiger partial charge on any atom is 0.270 e. The molecule has 1 aliphatic rings. The van der Waals surface area contributed by atoms with Gasteiger partial charge in [-0.2, -0.15) is 0 Å². The number of nitro benzene ring substituents is 1. The molecule has 0 spiro atoms. The van der Waals surface area contributed by atoms with E-state index in [4.69, 9.17) is 26.8 Å². The van der Waals surface area contributed by atoms with Crippen LogP contribution in [0.1, 0.15) is 12.8 Å². The Morgan fingerprint density at radius 1 is 1.06 bits per heavy atom. The van der Waals surface area contributed by atoms with Crippen LogP contribution < -0.4 is 10.5 Å². The molecule has 2 N–H and O–H groups in total. The van der Waals surface area contributed by atoms with Crippen LogP contribution in [0.25, 0.3) is 21.8 Å². The van der Waals surface area contributed by atoms with Gasteiger partial charge in [0, 0.05) is 41.3 Å². The quantitative estimate of drug-likeness (QED) is 0.196. The van der Waals surface area contributed by atoms with Crippen LogP contribution in [0.3, 0.4) is 0 Å². The fourth-order valence-electron chi connectivity index (χ4n) is 3.36. The molecular weight excluding hydrogens is 432 g/mol. The molecule has 4 aromatic rings. The number of nitrogens with two attached hydrogens (primary N) is 1. The molecule has 8 nitrogen and oxygen atoms in total. The van der Waals surface area contributed by atoms with E-state index in [2.05, 4.69) is 9.97 Å². The van der Waals surface area contributed by atoms with Crippen LogP contribution in [0.4, 0.5) is 11.4 Å². The predicted molar refractivity (Wildman–Crippen MR) is 124 cm³/mol. The zero-order chi connectivity index (χ0) is 22.5. The smallest absolute Gasteiger partial charge is 0.270 e. The molecule has 0 saturated carbocycles. The standard InChI is InChI=1S/C14H16N2O2.C9H5ClN2O2/c15-11-4-5-13-10(8-11)3-6-14(16-13)18-9-12-2-1-7-17-12;10-9-4-1-6-5-7(12(13)14)2-3-8(6)11-9/h3-6,8,12H,1-2,7,9,15H2;1-5H. The van der Waals surface area contributed by atoms with Gasteiger partial charge >= 0.3 is 0 Å². The first-order chi connectivity index (χ1) is 15.5. The van der Waals surface area contributed by atoms with Gasteiger partial charge in [0.1, 0.15) is 11.8 Å². The van der Waals surface area contributed by atoms with Crippen LogP contribution in [0, 0.1) is 10.1 Å². The number of rotatable bonds is 4. The molecule has 1 saturated heterocycles. The van der Waals surface area contributed by atoms with Gasteiger partial charge in [-0.15, -0.1) is 0 Å². The second-order valence-corrected chi connectivity index (χ2v) is 7.70. The topological polar surface area (TPSA) is 113 Å². The van der Waals surface area contributed by atoms with E-state index in [1.807, 2.05) is 30.3 Å². The number of halogens is 1. The fraction of sp³-hybridized carbons (Fsp3) is 0.217. The Balaban J connectivity index is 0.000000158. The second kappa shape index (κ2) is 9.76. The van der Waals surface area contributed by atoms with E-state index >= 15 is 0 Å². The first kappa shape index (κ1) is 21.7. The summed E-state index contributed by atoms with van der Waals surface area (Å²) in [6, 6.07) is 17.3. The molecule has 0 aliphatic carbocycles. The summed E-state index contributed by atoms with van der Waals surface area (Å²) in [7, 11) is 0. The molecule has 0 bridgehead atoms. The third kappa shape index (κ3) is 5.40. The van der Waals surface area contributed by atoms with Crippen LogP contribution in [0.15, 0.2) is 60.7 Å². The van der Waals surface area contributed by atoms with Crippen molar-refractivity contribution in [2.24, 2.45) is 0 Å². The molecule has 1 unspecified atom stereocenters. The number of nitrogen functional groups attached to an aromatic ring is 1. The van der Waals surface area contributed by atoms with Gasteiger partial charge in [0.2, 0.25) is 5.88 Å². The average Bonchev–Trinajstić information content (AvgIpc) is 3.31. The zero-order valence-corrected chi connectivity index (χ0v) is 17.9. The Bertz CT molecular complexity index is 1260. The summed E-state index contributed by atoms with van der Waals surface area (Å²) in [5.74, 6) is 0.641. The molecule has 2 aromatic heterocycles. The highest BCUT2D eigenvalue weighted by Gasteiger charge is 2.16. The van der Waals surface area contributed by atoms with Crippen molar-refractivity contribution in [2.45, 2.75) is 18.9 Å². The fourth-order valence-corrected chi connectivity index (χ4v) is 3.52. The predicted octanol–water partition coefficient (Wildman–Crippen LogP) is 5.17. The van der Waals surface area contributed by atoms with E-state index in [-0.39, 0.29) is 11.8 Å². The van der Waals surface area contributed by atoms with E-state index < -0.39 is 4.92 Å². The summed E-state index contributed by atoms with van der Waals surface area (Å²) in [5.41, 5.74) is 8.09. The minimum Gasteiger partial charge on any atom is -0.475 e. The molecule has 1 atom stereocenters. The molecule has 0 radical (unpaired) electrons. The summed E-state index contributed by atoms with van der Waals surface area (Å²) >= 11 is 5.68. The van der Waals surface area contributed by atoms with Crippen LogP contribution in [0.2, 0.25) is 5.15 Å². The summed E-state index contributed by atoms with van der Waals surface area (Å²) in [6.45, 7) is 1.42. The molecular formula is C23H21ClN4O4. The Morgan fingerprint density at radius 3 is 2.59 bits per heavy atom. The Kier molecular flexibility index (Phi) is 6.63. The SMILES string of the molecule is Nc1ccc2nc(OCC3CCCO3)ccc2c1.O=[N+]([O-])c1ccc2nc(Cl)ccc2c1. The Labute approximate surface area is 189 Å². The van der Waals surface area contributed by atoms with Gasteiger partial charge in [-0.25, -0.2) is 9.97 Å². The molecule has 32 heavy (non-hydrogen) atoms. The lowest BCUT2D eigenvalue weighted by Gasteiger charge is -2.11. The van der Waals surface area contributed by atoms with Crippen LogP contribution >= 0.6 is 11.6 Å². The Hall–Kier alpha value is -3.49. The van der Waals surface area contributed by atoms with E-state index in [9.17, 15) is 10.1 Å². The number of pyridine rings is 2. The van der Waals surface area contributed by atoms with Crippen molar-refractivity contribution in [1.82, 2.24) is 9.97 Å². The number of nitrogens with zero attached hydrogens (tertiary/aromatic N) is 3. The zero-order valence-electron chi connectivity index (χ0n) is 17.1. The maximum absolute atomic E-state index is 10.5. The van der Waals surface area contributed by atoms with Gasteiger partial charge in [0.15, 0.2) is 0 Å². The molecule has 1 fully saturated rings. The van der Waals surface area contributed by atoms with Crippen LogP contribution in [0.5, 0.6) is 5.88 Å². The summed E-state index contributed by atoms with van der Waals surface area (Å²) in [4.78, 5) is 18.5. The van der Waals surface area contributed by atoms with Gasteiger partial charge in [0.25, 0.3) is 5.69 Å². The molecule has 1 aliphatic heterocycles. The van der Waals surface area contributed by atoms with Crippen molar-refractivity contribution in [2.75, 3.05) is 18.9 Å². The Morgan fingerprint density at radius 2 is 1.81 bits per heavy atom. The van der Waals surface area contributed by atoms with E-state index in [0.29, 0.717) is 28.5 Å². The van der Waals surface area contributed by atoms with Gasteiger partial charge in [-0.1, -0.05) is 11.6 Å². The molecule has 3 heterocycles. The van der Waals surface area contributed by atoms with Crippen molar-refractivity contribution in [3.63, 3.8) is 0 Å². The number of benzene rings is 2. The lowest BCUT2D eigenvalue weighted by molar-refractivity contribution is -0.384. The number of anilines is 1. The van der Waals surface area contributed by atoms with Crippen molar-refractivity contribution in [1.29, 1.82) is 0 Å². The minimum atomic E-state index is -0.436. The number of non-ortho nitro benzene ring substituents is 1. The highest BCUT2D eigenvalue weighted by Crippen LogP contribution is 2.21. The molecule has 0 amide bonds. The summed E-state index contributed by atoms with van der Waals surface area (Å²) in [5, 5.41) is 12.6. The molecule has 5 rings (SSSR count). The van der Waals surface area contributed by atoms with Crippen molar-refractivity contribution in [3.8, 4) is 5.88 Å². The monoisotopic (exact) mass is 452 g/mol. The van der Waals surface area contributed by atoms with E-state index in [1.54, 1.807) is 18.2 Å². The average molecular weight is 453 g/mol. The molecule has 2 aromatic carbocycles. The van der Waals surface area contributed by atoms with Crippen molar-refractivity contribution in [3.05, 3.63) is 75.9 Å². The lowest BCUT2D eigenvalue weighted by atomic mass is 10.2. The summed E-state index contributed by atoms with van der Waals surface area (Å²) < 4.78 is 11.2. The second-order valence-electron chi connectivity index (χ2n) is 7.32. The number of fused-ring (bicyclic) bond motifs is 2. The van der Waals surface area contributed by atoms with E-state index in [0.717, 1.165) is 36.0 Å². The molecule has 9 heteroatoms. The number of hydrogen-bond acceptors (Lipinski definition) is 7. The summed E-state index contributed by atoms with van der Waals surface area (Å²) in [6.07, 6.45) is 2.41. The van der Waals surface area contributed by atoms with Gasteiger partial charge in [-0.05, 0) is 55.3 Å². The highest BCUT2D eigenvalue weighted by atomic mass is 35.5. The lowest BCUT2D eigenvalue weighted by Crippen LogP contribution is -2.16. The van der Waals surface area contributed by atoms with Crippen LogP contribution in [-0.4, -0.2) is 34.2 Å². The third-order valence-corrected chi connectivity index (χ3v) is 5.19. The number of ether oxygens (including phenoxy) is 2. The molecule has 164 valence electrons. The first-order valence-corrected chi connectivity index (χ1v) is 10.5. The van der Waals surface area contributed by atoms with Gasteiger partial charge < -0.3 is 15.2 Å². The third-order valence-electron chi connectivity index (χ3n) is 4.98. The van der Waals surface area contributed by atoms with Crippen molar-refractivity contribution >= 4 is 44.8 Å². The highest BCUT2D eigenvalue weighted by molar-refractivity contribution is 6.29. The first-order valence-electron chi connectivity index (χ1n) is 10.1. The van der Waals surface area contributed by atoms with Crippen molar-refractivity contribution < 1.29 is 14.4 Å². The number of hydrogen-bond donors (Lipinski definition) is 1. The van der Waals surface area contributed by atoms with E-state index in [1.165, 1.54) is 12.1 Å². The minimum absolute atomic E-state index is 0.0571. The maximum atomic E-state index is 10.5. The van der Waals surface area contributed by atoms with Gasteiger partial charge in [-0.3, -0.25) is 10.1 Å². The number of aromatic nitrogens is 2. The normalized spacial score (nSPS) is 15.3. The van der Waals surface area contributed by atoms with Gasteiger partial charge in [0.05, 0.1) is 22.1 Å². The van der Waals surface area contributed by atoms with Crippen LogP contribution in [-0.2, 0) is 4.74 Å². The number of nitro groups is 1. The largest absolute Gasteiger partial charge is 0.475 e.